The predicted molar refractivity (Wildman–Crippen MR) is 85.9 cm³/mol. The number of carbonyl (C=O) groups excluding carboxylic acids is 1. The number of phenols is 1. The normalized spacial score (nSPS) is 11.7. The molecule has 0 aliphatic heterocycles. The lowest BCUT2D eigenvalue weighted by Gasteiger charge is -2.05. The maximum Gasteiger partial charge on any atom is 0.261 e. The van der Waals surface area contributed by atoms with Crippen molar-refractivity contribution in [1.82, 2.24) is 20.4 Å². The van der Waals surface area contributed by atoms with Crippen molar-refractivity contribution in [2.75, 3.05) is 0 Å². The quantitative estimate of drug-likeness (QED) is 0.565. The summed E-state index contributed by atoms with van der Waals surface area (Å²) in [6, 6.07) is 10.8. The van der Waals surface area contributed by atoms with Crippen LogP contribution in [-0.4, -0.2) is 31.7 Å². The summed E-state index contributed by atoms with van der Waals surface area (Å²) < 4.78 is 14.7. The Morgan fingerprint density at radius 3 is 2.96 bits per heavy atom. The van der Waals surface area contributed by atoms with E-state index in [1.165, 1.54) is 10.7 Å². The zero-order valence-corrected chi connectivity index (χ0v) is 12.8. The number of hydrogen-bond acceptors (Lipinski definition) is 5. The minimum atomic E-state index is -0.502. The fraction of sp³-hybridized carbons (Fsp3) is 0.125. The Morgan fingerprint density at radius 2 is 2.12 bits per heavy atom. The maximum absolute atomic E-state index is 13.2. The number of fused-ring (bicyclic) bond motifs is 1. The summed E-state index contributed by atoms with van der Waals surface area (Å²) in [5, 5.41) is 21.5. The van der Waals surface area contributed by atoms with Crippen LogP contribution in [0.1, 0.15) is 12.5 Å². The lowest BCUT2D eigenvalue weighted by atomic mass is 10.1. The third-order valence-corrected chi connectivity index (χ3v) is 3.41. The Hall–Kier alpha value is -3.29. The van der Waals surface area contributed by atoms with Crippen LogP contribution in [0.3, 0.4) is 0 Å². The van der Waals surface area contributed by atoms with Gasteiger partial charge in [-0.25, -0.2) is 14.5 Å². The molecule has 1 heterocycles. The molecular weight excluding hydrogens is 313 g/mol. The first-order valence-electron chi connectivity index (χ1n) is 7.15. The van der Waals surface area contributed by atoms with Gasteiger partial charge in [-0.1, -0.05) is 17.3 Å². The van der Waals surface area contributed by atoms with E-state index < -0.39 is 11.7 Å². The topological polar surface area (TPSA) is 92.4 Å². The molecule has 24 heavy (non-hydrogen) atoms. The van der Waals surface area contributed by atoms with Crippen molar-refractivity contribution < 1.29 is 14.3 Å². The number of benzene rings is 2. The lowest BCUT2D eigenvalue weighted by Crippen LogP contribution is -2.24. The third kappa shape index (κ3) is 3.22. The number of hydrazone groups is 1. The van der Waals surface area contributed by atoms with Gasteiger partial charge in [0.15, 0.2) is 0 Å². The Morgan fingerprint density at radius 1 is 1.33 bits per heavy atom. The molecule has 0 fully saturated rings. The highest BCUT2D eigenvalue weighted by Crippen LogP contribution is 2.18. The smallest absolute Gasteiger partial charge is 0.261 e. The second kappa shape index (κ2) is 6.45. The second-order valence-electron chi connectivity index (χ2n) is 5.13. The number of aromatic nitrogens is 3. The van der Waals surface area contributed by atoms with Gasteiger partial charge in [-0.3, -0.25) is 4.79 Å². The Kier molecular flexibility index (Phi) is 4.19. The monoisotopic (exact) mass is 327 g/mol. The van der Waals surface area contributed by atoms with Crippen LogP contribution in [0.5, 0.6) is 5.75 Å². The first kappa shape index (κ1) is 15.6. The number of amides is 1. The molecule has 0 bridgehead atoms. The maximum atomic E-state index is 13.2. The van der Waals surface area contributed by atoms with Gasteiger partial charge in [-0.15, -0.1) is 5.10 Å². The number of phenolic OH excluding ortho intramolecular Hbond substituents is 1. The zero-order chi connectivity index (χ0) is 17.1. The molecular formula is C16H14FN5O2. The van der Waals surface area contributed by atoms with E-state index in [1.54, 1.807) is 13.0 Å². The van der Waals surface area contributed by atoms with E-state index >= 15 is 0 Å². The second-order valence-corrected chi connectivity index (χ2v) is 5.13. The van der Waals surface area contributed by atoms with Crippen molar-refractivity contribution in [1.29, 1.82) is 0 Å². The van der Waals surface area contributed by atoms with E-state index in [9.17, 15) is 14.3 Å². The average molecular weight is 327 g/mol. The van der Waals surface area contributed by atoms with Crippen LogP contribution in [0, 0.1) is 5.82 Å². The number of halogens is 1. The molecule has 0 saturated carbocycles. The highest BCUT2D eigenvalue weighted by molar-refractivity contribution is 6.01. The molecule has 0 aliphatic carbocycles. The Bertz CT molecular complexity index is 935. The lowest BCUT2D eigenvalue weighted by molar-refractivity contribution is -0.121. The zero-order valence-electron chi connectivity index (χ0n) is 12.8. The summed E-state index contributed by atoms with van der Waals surface area (Å²) in [7, 11) is 0. The van der Waals surface area contributed by atoms with Crippen LogP contribution in [0.4, 0.5) is 4.39 Å². The van der Waals surface area contributed by atoms with Crippen molar-refractivity contribution in [3.05, 3.63) is 53.8 Å². The molecule has 8 heteroatoms. The molecule has 122 valence electrons. The molecule has 3 rings (SSSR count). The number of hydrogen-bond donors (Lipinski definition) is 2. The van der Waals surface area contributed by atoms with Crippen molar-refractivity contribution in [3.8, 4) is 5.75 Å². The van der Waals surface area contributed by atoms with Crippen LogP contribution in [0.2, 0.25) is 0 Å². The van der Waals surface area contributed by atoms with Gasteiger partial charge in [0, 0.05) is 5.56 Å². The predicted octanol–water partition coefficient (Wildman–Crippen LogP) is 1.82. The van der Waals surface area contributed by atoms with E-state index in [0.717, 1.165) is 17.6 Å². The molecule has 0 unspecified atom stereocenters. The van der Waals surface area contributed by atoms with Gasteiger partial charge in [0.25, 0.3) is 5.91 Å². The number of carbonyl (C=O) groups is 1. The van der Waals surface area contributed by atoms with Crippen LogP contribution >= 0.6 is 0 Å². The van der Waals surface area contributed by atoms with Crippen molar-refractivity contribution >= 4 is 22.7 Å². The van der Waals surface area contributed by atoms with Crippen molar-refractivity contribution in [2.24, 2.45) is 5.10 Å². The Balaban J connectivity index is 1.72. The third-order valence-electron chi connectivity index (χ3n) is 3.41. The number of para-hydroxylation sites is 1. The first-order chi connectivity index (χ1) is 11.5. The van der Waals surface area contributed by atoms with Gasteiger partial charge < -0.3 is 5.11 Å². The van der Waals surface area contributed by atoms with Crippen LogP contribution in [0.15, 0.2) is 47.6 Å². The van der Waals surface area contributed by atoms with Crippen molar-refractivity contribution in [3.63, 3.8) is 0 Å². The molecule has 2 N–H and O–H groups in total. The SMILES string of the molecule is C/C(=N\NC(=O)Cn1nnc2ccccc21)c1cc(F)ccc1O. The highest BCUT2D eigenvalue weighted by Gasteiger charge is 2.10. The number of aromatic hydroxyl groups is 1. The first-order valence-corrected chi connectivity index (χ1v) is 7.15. The molecule has 3 aromatic rings. The number of nitrogens with zero attached hydrogens (tertiary/aromatic N) is 4. The summed E-state index contributed by atoms with van der Waals surface area (Å²) >= 11 is 0. The van der Waals surface area contributed by atoms with E-state index in [-0.39, 0.29) is 23.6 Å². The van der Waals surface area contributed by atoms with Gasteiger partial charge in [0.1, 0.15) is 23.6 Å². The van der Waals surface area contributed by atoms with Crippen LogP contribution < -0.4 is 5.43 Å². The summed E-state index contributed by atoms with van der Waals surface area (Å²) in [4.78, 5) is 12.0. The standard InChI is InChI=1S/C16H14FN5O2/c1-10(12-8-11(17)6-7-15(12)23)18-20-16(24)9-22-14-5-3-2-4-13(14)19-21-22/h2-8,23H,9H2,1H3,(H,20,24)/b18-10+. The van der Waals surface area contributed by atoms with Gasteiger partial charge in [-0.2, -0.15) is 5.10 Å². The summed E-state index contributed by atoms with van der Waals surface area (Å²) in [5.74, 6) is -1.03. The fourth-order valence-electron chi connectivity index (χ4n) is 2.21. The molecule has 0 radical (unpaired) electrons. The molecule has 1 aromatic heterocycles. The van der Waals surface area contributed by atoms with Gasteiger partial charge in [0.05, 0.1) is 11.2 Å². The van der Waals surface area contributed by atoms with E-state index in [1.807, 2.05) is 18.2 Å². The summed E-state index contributed by atoms with van der Waals surface area (Å²) in [5.41, 5.74) is 4.27. The minimum absolute atomic E-state index is 0.0631. The molecule has 2 aromatic carbocycles. The number of nitrogens with one attached hydrogen (secondary N) is 1. The molecule has 1 amide bonds. The molecule has 0 spiro atoms. The fourth-order valence-corrected chi connectivity index (χ4v) is 2.21. The van der Waals surface area contributed by atoms with Crippen molar-refractivity contribution in [2.45, 2.75) is 13.5 Å². The molecule has 7 nitrogen and oxygen atoms in total. The van der Waals surface area contributed by atoms with Gasteiger partial charge >= 0.3 is 0 Å². The summed E-state index contributed by atoms with van der Waals surface area (Å²) in [6.07, 6.45) is 0. The number of rotatable bonds is 4. The molecule has 0 aliphatic rings. The highest BCUT2D eigenvalue weighted by atomic mass is 19.1. The van der Waals surface area contributed by atoms with Gasteiger partial charge in [0.2, 0.25) is 0 Å². The minimum Gasteiger partial charge on any atom is -0.507 e. The van der Waals surface area contributed by atoms with Crippen LogP contribution in [-0.2, 0) is 11.3 Å². The molecule has 0 atom stereocenters. The van der Waals surface area contributed by atoms with Crippen LogP contribution in [0.25, 0.3) is 11.0 Å². The van der Waals surface area contributed by atoms with Gasteiger partial charge in [-0.05, 0) is 37.3 Å². The largest absolute Gasteiger partial charge is 0.507 e. The van der Waals surface area contributed by atoms with E-state index in [2.05, 4.69) is 20.8 Å². The molecule has 0 saturated heterocycles. The van der Waals surface area contributed by atoms with E-state index in [0.29, 0.717) is 5.52 Å². The van der Waals surface area contributed by atoms with E-state index in [4.69, 9.17) is 0 Å². The summed E-state index contributed by atoms with van der Waals surface area (Å²) in [6.45, 7) is 1.49. The Labute approximate surface area is 136 Å². The average Bonchev–Trinajstić information content (AvgIpc) is 2.98.